The highest BCUT2D eigenvalue weighted by Crippen LogP contribution is 2.38. The maximum Gasteiger partial charge on any atom is 0.305 e. The predicted molar refractivity (Wildman–Crippen MR) is 264 cm³/mol. The maximum absolute atomic E-state index is 11.5. The second-order valence-corrected chi connectivity index (χ2v) is 17.7. The number of aromatic nitrogens is 2. The van der Waals surface area contributed by atoms with Gasteiger partial charge in [-0.1, -0.05) is 59.6 Å². The SMILES string of the molecule is CC(=O)CC(O)CNCc1cc(Cl)c(OCc2cccc(-c3cccc(COc4cc(OCc5cncc(C#N)c5)c(CCCC(O)CC(=O)O)cc4Cl)c3C)c2C)cc1OCc1cncc(C#N)c1. The molecule has 0 saturated carbocycles. The molecule has 0 amide bonds. The molecule has 0 radical (unpaired) electrons. The summed E-state index contributed by atoms with van der Waals surface area (Å²) in [6.07, 6.45) is 5.26. The fraction of sp³-hybridized carbons (Fsp3) is 0.296. The zero-order chi connectivity index (χ0) is 50.2. The lowest BCUT2D eigenvalue weighted by Crippen LogP contribution is -2.28. The van der Waals surface area contributed by atoms with E-state index < -0.39 is 18.2 Å². The first-order valence-corrected chi connectivity index (χ1v) is 23.3. The standard InChI is InChI=1S/C54H53Cl2N5O9/c1-33(62)13-45(64)28-61-27-43-17-49(56)53(20-51(43)68-30-39-15-37(22-58)24-60-26-39)70-32-42-9-6-12-47(35(42)3)46-11-5-8-41(34(46)2)31-69-52-19-50(67-29-38-14-36(21-57)23-59-25-38)40(16-48(52)55)7-4-10-44(63)18-54(65)66/h5-6,8-9,11-12,14-17,19-20,23-26,44-45,61,63-64H,4,7,10,13,18,27-32H2,1-3H3,(H,65,66). The van der Waals surface area contributed by atoms with Gasteiger partial charge in [0.15, 0.2) is 0 Å². The van der Waals surface area contributed by atoms with Crippen LogP contribution in [0.15, 0.2) is 97.6 Å². The van der Waals surface area contributed by atoms with E-state index in [0.29, 0.717) is 73.7 Å². The second kappa shape index (κ2) is 25.5. The number of hydrogen-bond donors (Lipinski definition) is 4. The van der Waals surface area contributed by atoms with Crippen molar-refractivity contribution in [3.05, 3.63) is 163 Å². The number of carboxylic acids is 1. The molecular formula is C54H53Cl2N5O9. The second-order valence-electron chi connectivity index (χ2n) is 16.8. The van der Waals surface area contributed by atoms with Gasteiger partial charge in [-0.05, 0) is 103 Å². The topological polar surface area (TPSA) is 217 Å². The van der Waals surface area contributed by atoms with Crippen LogP contribution in [0.5, 0.6) is 23.0 Å². The fourth-order valence-corrected chi connectivity index (χ4v) is 8.22. The Kier molecular flexibility index (Phi) is 19.1. The molecule has 4 N–H and O–H groups in total. The zero-order valence-corrected chi connectivity index (χ0v) is 40.5. The molecular weight excluding hydrogens is 934 g/mol. The number of hydrogen-bond acceptors (Lipinski definition) is 13. The van der Waals surface area contributed by atoms with Gasteiger partial charge >= 0.3 is 5.97 Å². The summed E-state index contributed by atoms with van der Waals surface area (Å²) in [4.78, 5) is 30.8. The van der Waals surface area contributed by atoms with Crippen LogP contribution in [0.2, 0.25) is 10.0 Å². The van der Waals surface area contributed by atoms with Crippen LogP contribution in [0.1, 0.15) is 88.2 Å². The van der Waals surface area contributed by atoms with Crippen molar-refractivity contribution < 1.29 is 43.9 Å². The fourth-order valence-electron chi connectivity index (χ4n) is 7.74. The van der Waals surface area contributed by atoms with Gasteiger partial charge in [0.05, 0.1) is 39.8 Å². The number of ketones is 1. The molecule has 14 nitrogen and oxygen atoms in total. The smallest absolute Gasteiger partial charge is 0.305 e. The third-order valence-electron chi connectivity index (χ3n) is 11.4. The molecule has 16 heteroatoms. The first kappa shape index (κ1) is 52.3. The van der Waals surface area contributed by atoms with Crippen molar-refractivity contribution in [1.82, 2.24) is 15.3 Å². The highest BCUT2D eigenvalue weighted by atomic mass is 35.5. The summed E-state index contributed by atoms with van der Waals surface area (Å²) in [6.45, 7) is 6.57. The number of rotatable bonds is 25. The Morgan fingerprint density at radius 1 is 0.657 bits per heavy atom. The summed E-state index contributed by atoms with van der Waals surface area (Å²) in [5.41, 5.74) is 9.47. The normalized spacial score (nSPS) is 11.8. The highest BCUT2D eigenvalue weighted by Gasteiger charge is 2.18. The average Bonchev–Trinajstić information content (AvgIpc) is 3.33. The van der Waals surface area contributed by atoms with E-state index in [0.717, 1.165) is 38.9 Å². The maximum atomic E-state index is 11.5. The summed E-state index contributed by atoms with van der Waals surface area (Å²) in [6, 6.07) is 26.5. The summed E-state index contributed by atoms with van der Waals surface area (Å²) in [7, 11) is 0. The van der Waals surface area contributed by atoms with Crippen LogP contribution in [0.3, 0.4) is 0 Å². The van der Waals surface area contributed by atoms with Gasteiger partial charge in [0.25, 0.3) is 0 Å². The summed E-state index contributed by atoms with van der Waals surface area (Å²) in [5.74, 6) is 0.562. The Balaban J connectivity index is 1.18. The monoisotopic (exact) mass is 985 g/mol. The number of carbonyl (C=O) groups excluding carboxylic acids is 1. The third-order valence-corrected chi connectivity index (χ3v) is 12.0. The average molecular weight is 987 g/mol. The van der Waals surface area contributed by atoms with Crippen molar-refractivity contribution >= 4 is 35.0 Å². The number of nitriles is 2. The number of benzene rings is 4. The van der Waals surface area contributed by atoms with Gasteiger partial charge in [0.1, 0.15) is 67.3 Å². The van der Waals surface area contributed by atoms with Crippen LogP contribution < -0.4 is 24.3 Å². The van der Waals surface area contributed by atoms with E-state index in [-0.39, 0.29) is 64.6 Å². The van der Waals surface area contributed by atoms with Crippen LogP contribution in [-0.4, -0.2) is 55.8 Å². The lowest BCUT2D eigenvalue weighted by molar-refractivity contribution is -0.139. The summed E-state index contributed by atoms with van der Waals surface area (Å²) in [5, 5.41) is 52.1. The summed E-state index contributed by atoms with van der Waals surface area (Å²) < 4.78 is 25.3. The van der Waals surface area contributed by atoms with E-state index in [1.54, 1.807) is 48.8 Å². The molecule has 4 aromatic carbocycles. The molecule has 0 bridgehead atoms. The van der Waals surface area contributed by atoms with Crippen molar-refractivity contribution in [1.29, 1.82) is 10.5 Å². The van der Waals surface area contributed by atoms with Crippen molar-refractivity contribution in [2.24, 2.45) is 0 Å². The molecule has 2 unspecified atom stereocenters. The number of aliphatic hydroxyl groups is 2. The van der Waals surface area contributed by atoms with Gasteiger partial charge in [-0.15, -0.1) is 0 Å². The van der Waals surface area contributed by atoms with E-state index >= 15 is 0 Å². The molecule has 6 aromatic rings. The molecule has 0 saturated heterocycles. The van der Waals surface area contributed by atoms with Gasteiger partial charge in [0, 0.05) is 73.1 Å². The molecule has 362 valence electrons. The van der Waals surface area contributed by atoms with Crippen molar-refractivity contribution in [3.8, 4) is 46.3 Å². The van der Waals surface area contributed by atoms with Crippen molar-refractivity contribution in [3.63, 3.8) is 0 Å². The zero-order valence-electron chi connectivity index (χ0n) is 39.0. The molecule has 0 spiro atoms. The number of aliphatic hydroxyl groups excluding tert-OH is 2. The predicted octanol–water partition coefficient (Wildman–Crippen LogP) is 9.71. The molecule has 0 fully saturated rings. The van der Waals surface area contributed by atoms with Crippen molar-refractivity contribution in [2.75, 3.05) is 6.54 Å². The number of carboxylic acid groups (broad SMARTS) is 1. The van der Waals surface area contributed by atoms with Crippen molar-refractivity contribution in [2.45, 2.75) is 98.1 Å². The van der Waals surface area contributed by atoms with Crippen LogP contribution in [0.25, 0.3) is 11.1 Å². The molecule has 0 aliphatic carbocycles. The van der Waals surface area contributed by atoms with Gasteiger partial charge in [-0.25, -0.2) is 0 Å². The van der Waals surface area contributed by atoms with Crippen LogP contribution in [0, 0.1) is 36.5 Å². The Hall–Kier alpha value is -7.04. The van der Waals surface area contributed by atoms with Crippen LogP contribution in [-0.2, 0) is 49.0 Å². The van der Waals surface area contributed by atoms with Crippen LogP contribution in [0.4, 0.5) is 0 Å². The van der Waals surface area contributed by atoms with E-state index in [2.05, 4.69) is 39.6 Å². The van der Waals surface area contributed by atoms with E-state index in [1.807, 2.05) is 38.1 Å². The van der Waals surface area contributed by atoms with Gasteiger partial charge in [-0.3, -0.25) is 19.6 Å². The Morgan fingerprint density at radius 3 is 1.66 bits per heavy atom. The molecule has 2 aromatic heterocycles. The quantitative estimate of drug-likeness (QED) is 0.0420. The Bertz CT molecular complexity index is 2710. The number of carbonyl (C=O) groups is 2. The molecule has 0 aliphatic rings. The molecule has 2 heterocycles. The molecule has 70 heavy (non-hydrogen) atoms. The largest absolute Gasteiger partial charge is 0.488 e. The molecule has 2 atom stereocenters. The minimum atomic E-state index is -1.07. The molecule has 6 rings (SSSR count). The Morgan fingerprint density at radius 2 is 1.16 bits per heavy atom. The minimum Gasteiger partial charge on any atom is -0.488 e. The number of aliphatic carboxylic acids is 1. The molecule has 0 aliphatic heterocycles. The number of aryl methyl sites for hydroxylation is 1. The van der Waals surface area contributed by atoms with Gasteiger partial charge in [-0.2, -0.15) is 10.5 Å². The number of pyridine rings is 2. The minimum absolute atomic E-state index is 0.0346. The lowest BCUT2D eigenvalue weighted by Gasteiger charge is -2.19. The van der Waals surface area contributed by atoms with Gasteiger partial charge < -0.3 is 39.6 Å². The van der Waals surface area contributed by atoms with Crippen LogP contribution >= 0.6 is 23.2 Å². The first-order valence-electron chi connectivity index (χ1n) is 22.5. The number of ether oxygens (including phenoxy) is 4. The summed E-state index contributed by atoms with van der Waals surface area (Å²) >= 11 is 13.6. The van der Waals surface area contributed by atoms with E-state index in [1.165, 1.54) is 19.3 Å². The first-order chi connectivity index (χ1) is 33.7. The Labute approximate surface area is 417 Å². The van der Waals surface area contributed by atoms with E-state index in [9.17, 15) is 30.3 Å². The number of nitrogens with one attached hydrogen (secondary N) is 1. The number of nitrogens with zero attached hydrogens (tertiary/aromatic N) is 4. The highest BCUT2D eigenvalue weighted by molar-refractivity contribution is 6.32. The lowest BCUT2D eigenvalue weighted by atomic mass is 9.92. The van der Waals surface area contributed by atoms with Gasteiger partial charge in [0.2, 0.25) is 0 Å². The van der Waals surface area contributed by atoms with E-state index in [4.69, 9.17) is 47.3 Å². The number of Topliss-reactive ketones (excluding diaryl/α,β-unsaturated/α-hetero) is 1. The number of halogens is 2. The third kappa shape index (κ3) is 15.0.